The van der Waals surface area contributed by atoms with Gasteiger partial charge in [-0.3, -0.25) is 0 Å². The first-order valence-corrected chi connectivity index (χ1v) is 6.10. The molecule has 2 N–H and O–H groups in total. The molecule has 1 aromatic heterocycles. The molecule has 2 heterocycles. The Bertz CT molecular complexity index is 601. The first kappa shape index (κ1) is 14.3. The van der Waals surface area contributed by atoms with Crippen LogP contribution in [0.15, 0.2) is 30.9 Å². The highest BCUT2D eigenvalue weighted by molar-refractivity contribution is 5.64. The average molecular weight is 298 g/mol. The standard InChI is InChI=1S/C13H15N3O3.ClH/c1-15-4-5-16(8-15)3-2-14-10-6-12-13(7-11(10)17)19-9-18-12;/h4-8,14H,2-3,9H2,1H3;1H. The number of phenolic OH excluding ortho intramolecular Hbond substituents is 1. The molecular formula is C13H16ClN3O3. The predicted molar refractivity (Wildman–Crippen MR) is 68.3 cm³/mol. The number of aromatic nitrogens is 2. The molecule has 108 valence electrons. The SMILES string of the molecule is C[n+]1ccn(CCNc2cc3c(cc2O)OCO3)c1.[Cl-]. The zero-order valence-corrected chi connectivity index (χ0v) is 11.8. The first-order chi connectivity index (χ1) is 9.22. The summed E-state index contributed by atoms with van der Waals surface area (Å²) in [4.78, 5) is 0. The Labute approximate surface area is 123 Å². The molecule has 1 aliphatic rings. The Balaban J connectivity index is 0.00000147. The molecule has 6 nitrogen and oxygen atoms in total. The second-order valence-electron chi connectivity index (χ2n) is 4.47. The first-order valence-electron chi connectivity index (χ1n) is 6.10. The molecule has 1 aromatic carbocycles. The van der Waals surface area contributed by atoms with Gasteiger partial charge in [0.05, 0.1) is 19.3 Å². The summed E-state index contributed by atoms with van der Waals surface area (Å²) in [6, 6.07) is 3.33. The van der Waals surface area contributed by atoms with Gasteiger partial charge >= 0.3 is 0 Å². The number of hydrogen-bond donors (Lipinski definition) is 2. The van der Waals surface area contributed by atoms with Gasteiger partial charge in [-0.05, 0) is 0 Å². The molecule has 7 heteroatoms. The maximum atomic E-state index is 9.87. The van der Waals surface area contributed by atoms with E-state index in [0.717, 1.165) is 6.54 Å². The summed E-state index contributed by atoms with van der Waals surface area (Å²) in [5, 5.41) is 13.1. The van der Waals surface area contributed by atoms with Crippen molar-refractivity contribution in [2.24, 2.45) is 7.05 Å². The fraction of sp³-hybridized carbons (Fsp3) is 0.308. The molecule has 0 spiro atoms. The molecule has 0 amide bonds. The summed E-state index contributed by atoms with van der Waals surface area (Å²) in [5.74, 6) is 1.41. The van der Waals surface area contributed by atoms with E-state index >= 15 is 0 Å². The number of ether oxygens (including phenoxy) is 2. The number of rotatable bonds is 4. The van der Waals surface area contributed by atoms with Crippen LogP contribution in [-0.2, 0) is 13.6 Å². The van der Waals surface area contributed by atoms with E-state index in [0.29, 0.717) is 23.7 Å². The van der Waals surface area contributed by atoms with Crippen molar-refractivity contribution >= 4 is 5.69 Å². The number of anilines is 1. The summed E-state index contributed by atoms with van der Waals surface area (Å²) in [6.07, 6.45) is 5.99. The average Bonchev–Trinajstić information content (AvgIpc) is 2.98. The Morgan fingerprint density at radius 1 is 1.35 bits per heavy atom. The van der Waals surface area contributed by atoms with Gasteiger partial charge in [-0.15, -0.1) is 0 Å². The molecular weight excluding hydrogens is 282 g/mol. The van der Waals surface area contributed by atoms with E-state index in [4.69, 9.17) is 9.47 Å². The van der Waals surface area contributed by atoms with Gasteiger partial charge in [-0.25, -0.2) is 9.13 Å². The number of halogens is 1. The van der Waals surface area contributed by atoms with Gasteiger partial charge in [0.15, 0.2) is 11.5 Å². The number of nitrogens with one attached hydrogen (secondary N) is 1. The minimum atomic E-state index is 0. The van der Waals surface area contributed by atoms with Crippen LogP contribution in [0.5, 0.6) is 17.2 Å². The van der Waals surface area contributed by atoms with Crippen molar-refractivity contribution in [3.63, 3.8) is 0 Å². The largest absolute Gasteiger partial charge is 1.00 e. The Morgan fingerprint density at radius 3 is 2.80 bits per heavy atom. The van der Waals surface area contributed by atoms with Gasteiger partial charge in [-0.1, -0.05) is 0 Å². The van der Waals surface area contributed by atoms with Crippen molar-refractivity contribution in [1.82, 2.24) is 4.57 Å². The highest BCUT2D eigenvalue weighted by Gasteiger charge is 2.16. The van der Waals surface area contributed by atoms with Crippen LogP contribution in [0.25, 0.3) is 0 Å². The van der Waals surface area contributed by atoms with Crippen molar-refractivity contribution < 1.29 is 31.6 Å². The van der Waals surface area contributed by atoms with Crippen molar-refractivity contribution in [1.29, 1.82) is 0 Å². The minimum absolute atomic E-state index is 0. The second kappa shape index (κ2) is 5.92. The molecule has 0 radical (unpaired) electrons. The van der Waals surface area contributed by atoms with E-state index in [9.17, 15) is 5.11 Å². The van der Waals surface area contributed by atoms with Crippen LogP contribution in [0.4, 0.5) is 5.69 Å². The number of nitrogens with zero attached hydrogens (tertiary/aromatic N) is 2. The second-order valence-corrected chi connectivity index (χ2v) is 4.47. The highest BCUT2D eigenvalue weighted by atomic mass is 35.5. The number of aromatic hydroxyl groups is 1. The number of imidazole rings is 1. The zero-order valence-electron chi connectivity index (χ0n) is 11.0. The molecule has 0 unspecified atom stereocenters. The lowest BCUT2D eigenvalue weighted by Gasteiger charge is -2.08. The molecule has 2 aromatic rings. The third kappa shape index (κ3) is 2.91. The Morgan fingerprint density at radius 2 is 2.10 bits per heavy atom. The number of aryl methyl sites for hydroxylation is 1. The Kier molecular flexibility index (Phi) is 4.24. The summed E-state index contributed by atoms with van der Waals surface area (Å²) in [6.45, 7) is 1.73. The molecule has 3 rings (SSSR count). The third-order valence-electron chi connectivity index (χ3n) is 3.00. The lowest BCUT2D eigenvalue weighted by molar-refractivity contribution is -0.671. The van der Waals surface area contributed by atoms with Crippen LogP contribution in [0.1, 0.15) is 0 Å². The van der Waals surface area contributed by atoms with Crippen LogP contribution < -0.4 is 31.8 Å². The monoisotopic (exact) mass is 297 g/mol. The van der Waals surface area contributed by atoms with E-state index < -0.39 is 0 Å². The third-order valence-corrected chi connectivity index (χ3v) is 3.00. The van der Waals surface area contributed by atoms with E-state index in [2.05, 4.69) is 9.88 Å². The fourth-order valence-electron chi connectivity index (χ4n) is 2.03. The fourth-order valence-corrected chi connectivity index (χ4v) is 2.03. The van der Waals surface area contributed by atoms with E-state index in [1.165, 1.54) is 0 Å². The predicted octanol–water partition coefficient (Wildman–Crippen LogP) is -2.14. The molecule has 0 saturated heterocycles. The summed E-state index contributed by atoms with van der Waals surface area (Å²) in [7, 11) is 1.98. The van der Waals surface area contributed by atoms with Gasteiger partial charge in [-0.2, -0.15) is 0 Å². The van der Waals surface area contributed by atoms with Gasteiger partial charge in [0.25, 0.3) is 0 Å². The summed E-state index contributed by atoms with van der Waals surface area (Å²) in [5.41, 5.74) is 0.654. The van der Waals surface area contributed by atoms with E-state index in [1.54, 1.807) is 12.1 Å². The number of hydrogen-bond acceptors (Lipinski definition) is 4. The molecule has 1 aliphatic heterocycles. The zero-order chi connectivity index (χ0) is 13.2. The van der Waals surface area contributed by atoms with Crippen LogP contribution in [0.2, 0.25) is 0 Å². The minimum Gasteiger partial charge on any atom is -1.00 e. The highest BCUT2D eigenvalue weighted by Crippen LogP contribution is 2.40. The van der Waals surface area contributed by atoms with Crippen LogP contribution in [0, 0.1) is 0 Å². The number of phenols is 1. The van der Waals surface area contributed by atoms with Crippen molar-refractivity contribution in [3.05, 3.63) is 30.9 Å². The van der Waals surface area contributed by atoms with Crippen molar-refractivity contribution in [2.75, 3.05) is 18.7 Å². The van der Waals surface area contributed by atoms with E-state index in [-0.39, 0.29) is 24.9 Å². The van der Waals surface area contributed by atoms with Gasteiger partial charge in [0.2, 0.25) is 13.1 Å². The molecule has 0 fully saturated rings. The molecule has 0 atom stereocenters. The smallest absolute Gasteiger partial charge is 0.243 e. The van der Waals surface area contributed by atoms with Crippen LogP contribution >= 0.6 is 0 Å². The molecule has 0 aliphatic carbocycles. The molecule has 0 bridgehead atoms. The van der Waals surface area contributed by atoms with E-state index in [1.807, 2.05) is 30.3 Å². The van der Waals surface area contributed by atoms with Crippen LogP contribution in [-0.4, -0.2) is 23.0 Å². The summed E-state index contributed by atoms with van der Waals surface area (Å²) < 4.78 is 14.5. The topological polar surface area (TPSA) is 59.5 Å². The van der Waals surface area contributed by atoms with Gasteiger partial charge in [0.1, 0.15) is 24.7 Å². The Hall–Kier alpha value is -2.08. The quantitative estimate of drug-likeness (QED) is 0.500. The normalized spacial score (nSPS) is 12.1. The lowest BCUT2D eigenvalue weighted by Crippen LogP contribution is -3.00. The summed E-state index contributed by atoms with van der Waals surface area (Å²) >= 11 is 0. The maximum absolute atomic E-state index is 9.87. The van der Waals surface area contributed by atoms with Crippen molar-refractivity contribution in [2.45, 2.75) is 6.54 Å². The molecule has 0 saturated carbocycles. The molecule has 20 heavy (non-hydrogen) atoms. The van der Waals surface area contributed by atoms with Crippen molar-refractivity contribution in [3.8, 4) is 17.2 Å². The van der Waals surface area contributed by atoms with Crippen LogP contribution in [0.3, 0.4) is 0 Å². The lowest BCUT2D eigenvalue weighted by atomic mass is 10.2. The van der Waals surface area contributed by atoms with Gasteiger partial charge in [0, 0.05) is 12.1 Å². The number of benzene rings is 1. The van der Waals surface area contributed by atoms with Gasteiger partial charge < -0.3 is 32.3 Å². The maximum Gasteiger partial charge on any atom is 0.243 e. The number of fused-ring (bicyclic) bond motifs is 1.